The second-order valence-electron chi connectivity index (χ2n) is 4.99. The molecule has 1 nitrogen and oxygen atoms in total. The zero-order valence-corrected chi connectivity index (χ0v) is 11.9. The molecule has 0 unspecified atom stereocenters. The van der Waals surface area contributed by atoms with E-state index < -0.39 is 0 Å². The quantitative estimate of drug-likeness (QED) is 0.664. The molecule has 0 aromatic heterocycles. The average molecular weight is 290 g/mol. The molecule has 0 saturated heterocycles. The van der Waals surface area contributed by atoms with Crippen LogP contribution in [-0.4, -0.2) is 5.11 Å². The zero-order chi connectivity index (χ0) is 15.4. The van der Waals surface area contributed by atoms with Crippen LogP contribution in [0.25, 0.3) is 11.6 Å². The molecule has 0 bridgehead atoms. The molecule has 0 heterocycles. The van der Waals surface area contributed by atoms with Crippen molar-refractivity contribution in [1.82, 2.24) is 0 Å². The summed E-state index contributed by atoms with van der Waals surface area (Å²) in [6, 6.07) is 23.4. The molecule has 0 fully saturated rings. The molecule has 0 aliphatic heterocycles. The van der Waals surface area contributed by atoms with Crippen molar-refractivity contribution >= 4 is 11.6 Å². The highest BCUT2D eigenvalue weighted by Gasteiger charge is 2.07. The van der Waals surface area contributed by atoms with Crippen molar-refractivity contribution in [3.05, 3.63) is 101 Å². The van der Waals surface area contributed by atoms with Crippen LogP contribution in [0.2, 0.25) is 0 Å². The number of benzene rings is 3. The maximum atomic E-state index is 14.0. The predicted molar refractivity (Wildman–Crippen MR) is 87.9 cm³/mol. The Kier molecular flexibility index (Phi) is 4.01. The Morgan fingerprint density at radius 3 is 2.00 bits per heavy atom. The van der Waals surface area contributed by atoms with Crippen LogP contribution in [0.5, 0.6) is 5.75 Å². The summed E-state index contributed by atoms with van der Waals surface area (Å²) in [4.78, 5) is 0. The SMILES string of the molecule is Oc1ccc(/C(=C/c2ccccc2F)c2ccccc2)cc1. The monoisotopic (exact) mass is 290 g/mol. The summed E-state index contributed by atoms with van der Waals surface area (Å²) in [7, 11) is 0. The summed E-state index contributed by atoms with van der Waals surface area (Å²) < 4.78 is 14.0. The molecule has 3 rings (SSSR count). The largest absolute Gasteiger partial charge is 0.508 e. The van der Waals surface area contributed by atoms with Gasteiger partial charge in [-0.05, 0) is 41.0 Å². The lowest BCUT2D eigenvalue weighted by Crippen LogP contribution is -1.89. The van der Waals surface area contributed by atoms with Crippen molar-refractivity contribution in [2.75, 3.05) is 0 Å². The third-order valence-corrected chi connectivity index (χ3v) is 3.47. The van der Waals surface area contributed by atoms with Crippen molar-refractivity contribution in [2.45, 2.75) is 0 Å². The molecule has 0 saturated carbocycles. The highest BCUT2D eigenvalue weighted by atomic mass is 19.1. The van der Waals surface area contributed by atoms with E-state index in [1.807, 2.05) is 54.6 Å². The minimum Gasteiger partial charge on any atom is -0.508 e. The van der Waals surface area contributed by atoms with Crippen LogP contribution in [0.4, 0.5) is 4.39 Å². The fourth-order valence-electron chi connectivity index (χ4n) is 2.34. The fraction of sp³-hybridized carbons (Fsp3) is 0. The van der Waals surface area contributed by atoms with Crippen molar-refractivity contribution in [3.8, 4) is 5.75 Å². The average Bonchev–Trinajstić information content (AvgIpc) is 2.56. The topological polar surface area (TPSA) is 20.2 Å². The van der Waals surface area contributed by atoms with E-state index in [1.54, 1.807) is 24.3 Å². The van der Waals surface area contributed by atoms with Crippen LogP contribution < -0.4 is 0 Å². The minimum absolute atomic E-state index is 0.210. The third-order valence-electron chi connectivity index (χ3n) is 3.47. The van der Waals surface area contributed by atoms with Gasteiger partial charge in [0, 0.05) is 5.56 Å². The highest BCUT2D eigenvalue weighted by molar-refractivity contribution is 5.91. The standard InChI is InChI=1S/C20H15FO/c21-20-9-5-4-8-17(20)14-19(15-6-2-1-3-7-15)16-10-12-18(22)13-11-16/h1-14,22H/b19-14+. The zero-order valence-electron chi connectivity index (χ0n) is 11.9. The van der Waals surface area contributed by atoms with Crippen LogP contribution >= 0.6 is 0 Å². The normalized spacial score (nSPS) is 11.4. The van der Waals surface area contributed by atoms with Gasteiger partial charge in [-0.3, -0.25) is 0 Å². The molecule has 3 aromatic rings. The molecule has 2 heteroatoms. The molecule has 1 N–H and O–H groups in total. The molecule has 0 spiro atoms. The highest BCUT2D eigenvalue weighted by Crippen LogP contribution is 2.27. The number of phenols is 1. The molecule has 22 heavy (non-hydrogen) atoms. The summed E-state index contributed by atoms with van der Waals surface area (Å²) in [5.41, 5.74) is 3.36. The number of halogens is 1. The second-order valence-corrected chi connectivity index (χ2v) is 4.99. The number of phenolic OH excluding ortho intramolecular Hbond substituents is 1. The van der Waals surface area contributed by atoms with E-state index in [4.69, 9.17) is 0 Å². The van der Waals surface area contributed by atoms with Gasteiger partial charge in [0.05, 0.1) is 0 Å². The molecular formula is C20H15FO. The molecule has 3 aromatic carbocycles. The summed E-state index contributed by atoms with van der Waals surface area (Å²) in [6.45, 7) is 0. The summed E-state index contributed by atoms with van der Waals surface area (Å²) in [5.74, 6) is -0.0447. The third kappa shape index (κ3) is 3.07. The molecule has 108 valence electrons. The second kappa shape index (κ2) is 6.27. The van der Waals surface area contributed by atoms with E-state index in [0.717, 1.165) is 16.7 Å². The van der Waals surface area contributed by atoms with Gasteiger partial charge in [-0.1, -0.05) is 60.7 Å². The lowest BCUT2D eigenvalue weighted by molar-refractivity contribution is 0.475. The van der Waals surface area contributed by atoms with Gasteiger partial charge in [-0.15, -0.1) is 0 Å². The number of hydrogen-bond donors (Lipinski definition) is 1. The first-order valence-electron chi connectivity index (χ1n) is 7.05. The van der Waals surface area contributed by atoms with E-state index in [1.165, 1.54) is 6.07 Å². The van der Waals surface area contributed by atoms with Crippen LogP contribution in [0.15, 0.2) is 78.9 Å². The van der Waals surface area contributed by atoms with Gasteiger partial charge in [-0.2, -0.15) is 0 Å². The van der Waals surface area contributed by atoms with Gasteiger partial charge < -0.3 is 5.11 Å². The van der Waals surface area contributed by atoms with E-state index in [-0.39, 0.29) is 11.6 Å². The summed E-state index contributed by atoms with van der Waals surface area (Å²) in [5, 5.41) is 9.46. The number of aromatic hydroxyl groups is 1. The van der Waals surface area contributed by atoms with Crippen LogP contribution in [0.1, 0.15) is 16.7 Å². The fourth-order valence-corrected chi connectivity index (χ4v) is 2.34. The Morgan fingerprint density at radius 2 is 1.32 bits per heavy atom. The Balaban J connectivity index is 2.15. The Labute approximate surface area is 129 Å². The van der Waals surface area contributed by atoms with E-state index in [9.17, 15) is 9.50 Å². The Bertz CT molecular complexity index is 789. The summed E-state index contributed by atoms with van der Waals surface area (Å²) >= 11 is 0. The molecule has 0 amide bonds. The van der Waals surface area contributed by atoms with Crippen molar-refractivity contribution < 1.29 is 9.50 Å². The van der Waals surface area contributed by atoms with Gasteiger partial charge in [0.15, 0.2) is 0 Å². The molecule has 0 atom stereocenters. The van der Waals surface area contributed by atoms with Gasteiger partial charge in [0.1, 0.15) is 11.6 Å². The Morgan fingerprint density at radius 1 is 0.727 bits per heavy atom. The van der Waals surface area contributed by atoms with Crippen LogP contribution in [0.3, 0.4) is 0 Å². The Hall–Kier alpha value is -2.87. The predicted octanol–water partition coefficient (Wildman–Crippen LogP) is 5.12. The molecule has 0 aliphatic carbocycles. The number of rotatable bonds is 3. The van der Waals surface area contributed by atoms with Gasteiger partial charge in [0.2, 0.25) is 0 Å². The van der Waals surface area contributed by atoms with E-state index >= 15 is 0 Å². The van der Waals surface area contributed by atoms with Gasteiger partial charge >= 0.3 is 0 Å². The maximum Gasteiger partial charge on any atom is 0.130 e. The van der Waals surface area contributed by atoms with Crippen molar-refractivity contribution in [1.29, 1.82) is 0 Å². The van der Waals surface area contributed by atoms with Crippen molar-refractivity contribution in [3.63, 3.8) is 0 Å². The van der Waals surface area contributed by atoms with Crippen LogP contribution in [0, 0.1) is 5.82 Å². The molecule has 0 aliphatic rings. The maximum absolute atomic E-state index is 14.0. The smallest absolute Gasteiger partial charge is 0.130 e. The van der Waals surface area contributed by atoms with Crippen LogP contribution in [-0.2, 0) is 0 Å². The first kappa shape index (κ1) is 14.1. The van der Waals surface area contributed by atoms with Gasteiger partial charge in [-0.25, -0.2) is 4.39 Å². The van der Waals surface area contributed by atoms with E-state index in [0.29, 0.717) is 5.56 Å². The lowest BCUT2D eigenvalue weighted by Gasteiger charge is -2.09. The number of hydrogen-bond acceptors (Lipinski definition) is 1. The van der Waals surface area contributed by atoms with Gasteiger partial charge in [0.25, 0.3) is 0 Å². The van der Waals surface area contributed by atoms with E-state index in [2.05, 4.69) is 0 Å². The first-order chi connectivity index (χ1) is 10.7. The minimum atomic E-state index is -0.255. The van der Waals surface area contributed by atoms with Crippen molar-refractivity contribution in [2.24, 2.45) is 0 Å². The first-order valence-corrected chi connectivity index (χ1v) is 7.05. The molecular weight excluding hydrogens is 275 g/mol. The lowest BCUT2D eigenvalue weighted by atomic mass is 9.95. The summed E-state index contributed by atoms with van der Waals surface area (Å²) in [6.07, 6.45) is 1.83. The molecule has 0 radical (unpaired) electrons.